The zero-order valence-corrected chi connectivity index (χ0v) is 34.3. The molecule has 2 amide bonds. The van der Waals surface area contributed by atoms with Crippen molar-refractivity contribution in [2.75, 3.05) is 19.8 Å². The Kier molecular flexibility index (Phi) is 14.7. The largest absolute Gasteiger partial charge is 0.508 e. The van der Waals surface area contributed by atoms with E-state index in [1.54, 1.807) is 12.1 Å². The van der Waals surface area contributed by atoms with Gasteiger partial charge in [0.25, 0.3) is 8.32 Å². The van der Waals surface area contributed by atoms with Gasteiger partial charge in [-0.05, 0) is 82.8 Å². The molecule has 0 spiro atoms. The maximum absolute atomic E-state index is 14.1. The Morgan fingerprint density at radius 3 is 2.07 bits per heavy atom. The van der Waals surface area contributed by atoms with Crippen molar-refractivity contribution in [1.82, 2.24) is 4.90 Å². The Bertz CT molecular complexity index is 1810. The number of amides is 2. The van der Waals surface area contributed by atoms with E-state index in [4.69, 9.17) is 9.53 Å². The van der Waals surface area contributed by atoms with Crippen LogP contribution >= 0.6 is 0 Å². The number of hydrogen-bond donors (Lipinski definition) is 4. The minimum atomic E-state index is -3.04. The van der Waals surface area contributed by atoms with E-state index in [9.17, 15) is 29.7 Å². The third-order valence-electron chi connectivity index (χ3n) is 11.6. The van der Waals surface area contributed by atoms with Gasteiger partial charge in [-0.1, -0.05) is 125 Å². The first-order valence-electron chi connectivity index (χ1n) is 20.1. The van der Waals surface area contributed by atoms with Crippen molar-refractivity contribution in [3.8, 4) is 5.75 Å². The number of benzene rings is 3. The van der Waals surface area contributed by atoms with Crippen LogP contribution in [0.25, 0.3) is 6.08 Å². The third kappa shape index (κ3) is 9.60. The van der Waals surface area contributed by atoms with Gasteiger partial charge in [-0.25, -0.2) is 0 Å². The van der Waals surface area contributed by atoms with Crippen molar-refractivity contribution in [3.05, 3.63) is 107 Å². The SMILES string of the molecule is CCC/C(=C\c1ccc(O)cc1)CC[C@@H](O)C1=C(CO[Si](c2ccccc2)(c2ccccc2)C(C)(C)C)C[C@H]2C(=O)N(CCCCCC(=O)O)C(=O)[C@H]2[C@H]1CO. The maximum Gasteiger partial charge on any atom is 0.303 e. The summed E-state index contributed by atoms with van der Waals surface area (Å²) >= 11 is 0. The number of nitrogens with zero attached hydrogens (tertiary/aromatic N) is 1. The van der Waals surface area contributed by atoms with E-state index in [1.807, 2.05) is 48.5 Å². The molecule has 56 heavy (non-hydrogen) atoms. The molecule has 4 atom stereocenters. The number of hydrogen-bond acceptors (Lipinski definition) is 7. The van der Waals surface area contributed by atoms with Crippen molar-refractivity contribution in [2.24, 2.45) is 17.8 Å². The molecule has 4 N–H and O–H groups in total. The fraction of sp³-hybridized carbons (Fsp3) is 0.457. The number of carboxylic acids is 1. The van der Waals surface area contributed by atoms with Crippen LogP contribution in [0, 0.1) is 17.8 Å². The molecular formula is C46H59NO8Si. The van der Waals surface area contributed by atoms with Crippen LogP contribution in [-0.4, -0.2) is 77.3 Å². The molecular weight excluding hydrogens is 723 g/mol. The molecule has 1 heterocycles. The molecule has 10 heteroatoms. The Hall–Kier alpha value is -4.35. The fourth-order valence-corrected chi connectivity index (χ4v) is 13.5. The van der Waals surface area contributed by atoms with Crippen LogP contribution in [0.2, 0.25) is 5.04 Å². The van der Waals surface area contributed by atoms with Crippen molar-refractivity contribution in [1.29, 1.82) is 0 Å². The van der Waals surface area contributed by atoms with Crippen molar-refractivity contribution < 1.29 is 39.2 Å². The highest BCUT2D eigenvalue weighted by Gasteiger charge is 2.56. The minimum Gasteiger partial charge on any atom is -0.508 e. The van der Waals surface area contributed by atoms with Gasteiger partial charge in [0.05, 0.1) is 31.2 Å². The summed E-state index contributed by atoms with van der Waals surface area (Å²) in [5, 5.41) is 44.1. The molecule has 5 rings (SSSR count). The van der Waals surface area contributed by atoms with E-state index in [2.05, 4.69) is 58.0 Å². The topological polar surface area (TPSA) is 145 Å². The number of likely N-dealkylation sites (tertiary alicyclic amines) is 1. The number of rotatable bonds is 19. The van der Waals surface area contributed by atoms with E-state index in [0.717, 1.165) is 39.9 Å². The number of aliphatic hydroxyl groups is 2. The monoisotopic (exact) mass is 781 g/mol. The highest BCUT2D eigenvalue weighted by Crippen LogP contribution is 2.47. The van der Waals surface area contributed by atoms with Crippen molar-refractivity contribution >= 4 is 42.6 Å². The number of aromatic hydroxyl groups is 1. The van der Waals surface area contributed by atoms with Gasteiger partial charge in [0.2, 0.25) is 11.8 Å². The summed E-state index contributed by atoms with van der Waals surface area (Å²) in [6.07, 6.45) is 5.53. The Morgan fingerprint density at radius 2 is 1.52 bits per heavy atom. The lowest BCUT2D eigenvalue weighted by molar-refractivity contribution is -0.141. The quantitative estimate of drug-likeness (QED) is 0.0448. The molecule has 0 saturated carbocycles. The Balaban J connectivity index is 1.53. The molecule has 1 fully saturated rings. The highest BCUT2D eigenvalue weighted by atomic mass is 28.4. The Morgan fingerprint density at radius 1 is 0.893 bits per heavy atom. The average Bonchev–Trinajstić information content (AvgIpc) is 3.41. The van der Waals surface area contributed by atoms with Gasteiger partial charge in [-0.2, -0.15) is 0 Å². The fourth-order valence-electron chi connectivity index (χ4n) is 8.93. The van der Waals surface area contributed by atoms with Gasteiger partial charge in [0.15, 0.2) is 0 Å². The average molecular weight is 782 g/mol. The molecule has 0 aromatic heterocycles. The number of allylic oxidation sites excluding steroid dienone is 1. The first kappa shape index (κ1) is 42.8. The van der Waals surface area contributed by atoms with Crippen LogP contribution in [0.15, 0.2) is 102 Å². The van der Waals surface area contributed by atoms with Gasteiger partial charge in [-0.15, -0.1) is 0 Å². The highest BCUT2D eigenvalue weighted by molar-refractivity contribution is 6.99. The number of aliphatic carboxylic acids is 1. The second-order valence-electron chi connectivity index (χ2n) is 16.4. The number of imide groups is 1. The summed E-state index contributed by atoms with van der Waals surface area (Å²) in [4.78, 5) is 40.5. The molecule has 0 radical (unpaired) electrons. The number of phenolic OH excluding ortho intramolecular Hbond substituents is 1. The number of aliphatic hydroxyl groups excluding tert-OH is 2. The van der Waals surface area contributed by atoms with Crippen molar-refractivity contribution in [3.63, 3.8) is 0 Å². The molecule has 0 unspecified atom stereocenters. The van der Waals surface area contributed by atoms with E-state index >= 15 is 0 Å². The van der Waals surface area contributed by atoms with E-state index in [1.165, 1.54) is 4.90 Å². The van der Waals surface area contributed by atoms with Crippen LogP contribution in [0.3, 0.4) is 0 Å². The number of phenols is 1. The second kappa shape index (κ2) is 19.2. The van der Waals surface area contributed by atoms with E-state index < -0.39 is 44.8 Å². The number of carbonyl (C=O) groups excluding carboxylic acids is 2. The van der Waals surface area contributed by atoms with Gasteiger partial charge >= 0.3 is 5.97 Å². The number of carbonyl (C=O) groups is 3. The van der Waals surface area contributed by atoms with Crippen molar-refractivity contribution in [2.45, 2.75) is 96.6 Å². The molecule has 2 aliphatic rings. The molecule has 9 nitrogen and oxygen atoms in total. The van der Waals surface area contributed by atoms with Crippen LogP contribution in [0.1, 0.15) is 91.0 Å². The summed E-state index contributed by atoms with van der Waals surface area (Å²) in [6, 6.07) is 27.5. The molecule has 3 aromatic carbocycles. The zero-order valence-electron chi connectivity index (χ0n) is 33.3. The smallest absolute Gasteiger partial charge is 0.303 e. The van der Waals surface area contributed by atoms with Gasteiger partial charge in [0.1, 0.15) is 5.75 Å². The molecule has 1 aliphatic heterocycles. The van der Waals surface area contributed by atoms with E-state index in [-0.39, 0.29) is 48.6 Å². The summed E-state index contributed by atoms with van der Waals surface area (Å²) in [7, 11) is -3.04. The predicted molar refractivity (Wildman–Crippen MR) is 222 cm³/mol. The molecule has 3 aromatic rings. The minimum absolute atomic E-state index is 0.0314. The lowest BCUT2D eigenvalue weighted by Gasteiger charge is -2.44. The zero-order chi connectivity index (χ0) is 40.5. The summed E-state index contributed by atoms with van der Waals surface area (Å²) in [5.41, 5.74) is 3.44. The van der Waals surface area contributed by atoms with Crippen LogP contribution in [0.5, 0.6) is 5.75 Å². The van der Waals surface area contributed by atoms with Gasteiger partial charge in [-0.3, -0.25) is 19.3 Å². The number of fused-ring (bicyclic) bond motifs is 1. The normalized spacial score (nSPS) is 19.7. The molecule has 300 valence electrons. The molecule has 0 bridgehead atoms. The lowest BCUT2D eigenvalue weighted by Crippen LogP contribution is -2.66. The summed E-state index contributed by atoms with van der Waals surface area (Å²) in [5.74, 6) is -3.59. The number of unbranched alkanes of at least 4 members (excludes halogenated alkanes) is 2. The van der Waals surface area contributed by atoms with Gasteiger partial charge in [0, 0.05) is 18.9 Å². The third-order valence-corrected chi connectivity index (χ3v) is 16.5. The van der Waals surface area contributed by atoms with E-state index in [0.29, 0.717) is 37.7 Å². The summed E-state index contributed by atoms with van der Waals surface area (Å²) in [6.45, 7) is 8.60. The molecule has 1 aliphatic carbocycles. The number of carboxylic acid groups (broad SMARTS) is 1. The first-order valence-corrected chi connectivity index (χ1v) is 22.0. The van der Waals surface area contributed by atoms with Crippen LogP contribution < -0.4 is 10.4 Å². The standard InChI is InChI=1S/C46H59NO8Si/c1-5-15-32(28-33-21-24-35(49)25-22-33)23-26-40(50)42-34(29-38-43(39(42)30-48)45(54)47(44(38)53)27-14-8-13-20-41(51)52)31-55-56(46(2,3)4,36-16-9-6-10-17-36)37-18-11-7-12-19-37/h6-7,9-12,16-19,21-22,24-25,28,38-40,43,48-50H,5,8,13-15,20,23,26-27,29-31H2,1-4H3,(H,51,52)/b32-28+/t38-,39+,40-,43-/m1/s1. The first-order chi connectivity index (χ1) is 26.8. The van der Waals surface area contributed by atoms with Crippen LogP contribution in [0.4, 0.5) is 0 Å². The maximum atomic E-state index is 14.1. The lowest BCUT2D eigenvalue weighted by atomic mass is 9.68. The summed E-state index contributed by atoms with van der Waals surface area (Å²) < 4.78 is 7.38. The Labute approximate surface area is 332 Å². The van der Waals surface area contributed by atoms with Gasteiger partial charge < -0.3 is 24.9 Å². The van der Waals surface area contributed by atoms with Crippen LogP contribution in [-0.2, 0) is 18.8 Å². The molecule has 1 saturated heterocycles. The second-order valence-corrected chi connectivity index (χ2v) is 20.7. The predicted octanol–water partition coefficient (Wildman–Crippen LogP) is 6.85.